The molecule has 0 radical (unpaired) electrons. The molecule has 1 aliphatic heterocycles. The summed E-state index contributed by atoms with van der Waals surface area (Å²) in [6.45, 7) is 5.01. The van der Waals surface area contributed by atoms with Crippen LogP contribution in [0.25, 0.3) is 0 Å². The maximum atomic E-state index is 12.6. The fourth-order valence-electron chi connectivity index (χ4n) is 4.53. The number of methoxy groups -OCH3 is 1. The van der Waals surface area contributed by atoms with Crippen LogP contribution in [0.5, 0.6) is 5.75 Å². The van der Waals surface area contributed by atoms with E-state index in [0.717, 1.165) is 44.6 Å². The Bertz CT molecular complexity index is 815. The molecule has 1 saturated heterocycles. The number of likely N-dealkylation sites (tertiary alicyclic amines) is 1. The summed E-state index contributed by atoms with van der Waals surface area (Å²) < 4.78 is 7.65. The maximum absolute atomic E-state index is 12.6. The van der Waals surface area contributed by atoms with E-state index in [-0.39, 0.29) is 5.91 Å². The van der Waals surface area contributed by atoms with Crippen LogP contribution in [0, 0.1) is 12.8 Å². The standard InChI is InChI=1S/C24H33N3O2/c1-18-16-25-24(21-4-3-5-21)27(18)17-20-12-14-26(15-13-20)23(28)11-8-19-6-9-22(29-2)10-7-19/h6-7,9-10,16,20-21H,3-5,8,11-15,17H2,1-2H3. The number of carbonyl (C=O) groups is 1. The van der Waals surface area contributed by atoms with E-state index in [4.69, 9.17) is 9.72 Å². The van der Waals surface area contributed by atoms with Crippen LogP contribution in [0.4, 0.5) is 0 Å². The van der Waals surface area contributed by atoms with Crippen LogP contribution in [0.2, 0.25) is 0 Å². The predicted octanol–water partition coefficient (Wildman–Crippen LogP) is 4.34. The van der Waals surface area contributed by atoms with Crippen LogP contribution < -0.4 is 4.74 Å². The van der Waals surface area contributed by atoms with Crippen LogP contribution in [0.1, 0.15) is 61.5 Å². The minimum atomic E-state index is 0.285. The van der Waals surface area contributed by atoms with Crippen molar-refractivity contribution in [2.75, 3.05) is 20.2 Å². The van der Waals surface area contributed by atoms with Crippen molar-refractivity contribution >= 4 is 5.91 Å². The molecule has 1 aromatic carbocycles. The molecule has 2 heterocycles. The second-order valence-corrected chi connectivity index (χ2v) is 8.67. The lowest BCUT2D eigenvalue weighted by molar-refractivity contribution is -0.132. The van der Waals surface area contributed by atoms with Gasteiger partial charge in [0, 0.05) is 43.9 Å². The summed E-state index contributed by atoms with van der Waals surface area (Å²) in [6, 6.07) is 8.01. The highest BCUT2D eigenvalue weighted by Gasteiger charge is 2.27. The van der Waals surface area contributed by atoms with Crippen LogP contribution in [-0.2, 0) is 17.8 Å². The third-order valence-electron chi connectivity index (χ3n) is 6.75. The highest BCUT2D eigenvalue weighted by atomic mass is 16.5. The molecule has 0 N–H and O–H groups in total. The molecule has 0 bridgehead atoms. The van der Waals surface area contributed by atoms with Gasteiger partial charge in [0.25, 0.3) is 0 Å². The summed E-state index contributed by atoms with van der Waals surface area (Å²) >= 11 is 0. The van der Waals surface area contributed by atoms with E-state index < -0.39 is 0 Å². The lowest BCUT2D eigenvalue weighted by Crippen LogP contribution is -2.39. The quantitative estimate of drug-likeness (QED) is 0.701. The molecular formula is C24H33N3O2. The Balaban J connectivity index is 1.25. The lowest BCUT2D eigenvalue weighted by Gasteiger charge is -2.33. The molecule has 2 aliphatic rings. The molecule has 4 rings (SSSR count). The normalized spacial score (nSPS) is 17.9. The smallest absolute Gasteiger partial charge is 0.222 e. The van der Waals surface area contributed by atoms with Gasteiger partial charge in [-0.2, -0.15) is 0 Å². The number of ether oxygens (including phenoxy) is 1. The molecule has 156 valence electrons. The van der Waals surface area contributed by atoms with Crippen molar-refractivity contribution in [2.45, 2.75) is 64.3 Å². The molecule has 5 heteroatoms. The summed E-state index contributed by atoms with van der Waals surface area (Å²) in [5, 5.41) is 0. The predicted molar refractivity (Wildman–Crippen MR) is 114 cm³/mol. The van der Waals surface area contributed by atoms with Crippen molar-refractivity contribution in [3.8, 4) is 5.75 Å². The SMILES string of the molecule is COc1ccc(CCC(=O)N2CCC(Cn3c(C)cnc3C3CCC3)CC2)cc1. The molecule has 1 aliphatic carbocycles. The molecule has 0 unspecified atom stereocenters. The second kappa shape index (κ2) is 9.02. The third-order valence-corrected chi connectivity index (χ3v) is 6.75. The number of nitrogens with zero attached hydrogens (tertiary/aromatic N) is 3. The van der Waals surface area contributed by atoms with E-state index in [9.17, 15) is 4.79 Å². The Morgan fingerprint density at radius 2 is 1.86 bits per heavy atom. The number of rotatable bonds is 7. The first-order valence-corrected chi connectivity index (χ1v) is 11.1. The topological polar surface area (TPSA) is 47.4 Å². The number of benzene rings is 1. The van der Waals surface area contributed by atoms with Crippen molar-refractivity contribution in [1.29, 1.82) is 0 Å². The van der Waals surface area contributed by atoms with Crippen LogP contribution >= 0.6 is 0 Å². The zero-order valence-electron chi connectivity index (χ0n) is 17.8. The molecule has 2 aromatic rings. The summed E-state index contributed by atoms with van der Waals surface area (Å²) in [5.74, 6) is 3.76. The van der Waals surface area contributed by atoms with Crippen molar-refractivity contribution in [3.63, 3.8) is 0 Å². The Kier molecular flexibility index (Phi) is 6.22. The number of aromatic nitrogens is 2. The van der Waals surface area contributed by atoms with Crippen LogP contribution in [0.15, 0.2) is 30.5 Å². The fourth-order valence-corrected chi connectivity index (χ4v) is 4.53. The van der Waals surface area contributed by atoms with E-state index >= 15 is 0 Å². The second-order valence-electron chi connectivity index (χ2n) is 8.67. The van der Waals surface area contributed by atoms with Gasteiger partial charge in [-0.3, -0.25) is 4.79 Å². The minimum absolute atomic E-state index is 0.285. The molecule has 29 heavy (non-hydrogen) atoms. The van der Waals surface area contributed by atoms with Gasteiger partial charge in [-0.15, -0.1) is 0 Å². The Labute approximate surface area is 174 Å². The van der Waals surface area contributed by atoms with E-state index in [0.29, 0.717) is 18.3 Å². The van der Waals surface area contributed by atoms with Crippen molar-refractivity contribution in [1.82, 2.24) is 14.5 Å². The average molecular weight is 396 g/mol. The zero-order chi connectivity index (χ0) is 20.2. The van der Waals surface area contributed by atoms with Crippen molar-refractivity contribution < 1.29 is 9.53 Å². The van der Waals surface area contributed by atoms with E-state index in [1.165, 1.54) is 36.3 Å². The van der Waals surface area contributed by atoms with Crippen LogP contribution in [0.3, 0.4) is 0 Å². The Morgan fingerprint density at radius 1 is 1.14 bits per heavy atom. The third kappa shape index (κ3) is 4.65. The highest BCUT2D eigenvalue weighted by Crippen LogP contribution is 2.36. The summed E-state index contributed by atoms with van der Waals surface area (Å²) in [7, 11) is 1.67. The number of hydrogen-bond donors (Lipinski definition) is 0. The number of carbonyl (C=O) groups excluding carboxylic acids is 1. The fraction of sp³-hybridized carbons (Fsp3) is 0.583. The molecule has 1 amide bonds. The largest absolute Gasteiger partial charge is 0.497 e. The molecule has 1 saturated carbocycles. The van der Waals surface area contributed by atoms with Gasteiger partial charge in [0.1, 0.15) is 11.6 Å². The molecule has 1 aromatic heterocycles. The van der Waals surface area contributed by atoms with E-state index in [2.05, 4.69) is 16.4 Å². The average Bonchev–Trinajstić information content (AvgIpc) is 3.06. The molecule has 5 nitrogen and oxygen atoms in total. The van der Waals surface area contributed by atoms with Gasteiger partial charge < -0.3 is 14.2 Å². The van der Waals surface area contributed by atoms with E-state index in [1.54, 1.807) is 7.11 Å². The van der Waals surface area contributed by atoms with Gasteiger partial charge >= 0.3 is 0 Å². The highest BCUT2D eigenvalue weighted by molar-refractivity contribution is 5.76. The summed E-state index contributed by atoms with van der Waals surface area (Å²) in [4.78, 5) is 19.4. The Hall–Kier alpha value is -2.30. The summed E-state index contributed by atoms with van der Waals surface area (Å²) in [6.07, 6.45) is 9.52. The van der Waals surface area contributed by atoms with Crippen LogP contribution in [-0.4, -0.2) is 40.6 Å². The van der Waals surface area contributed by atoms with Gasteiger partial charge in [0.15, 0.2) is 0 Å². The Morgan fingerprint density at radius 3 is 2.48 bits per heavy atom. The number of imidazole rings is 1. The first kappa shape index (κ1) is 20.0. The molecule has 0 spiro atoms. The van der Waals surface area contributed by atoms with Gasteiger partial charge in [0.2, 0.25) is 5.91 Å². The van der Waals surface area contributed by atoms with Gasteiger partial charge in [-0.25, -0.2) is 4.98 Å². The minimum Gasteiger partial charge on any atom is -0.497 e. The lowest BCUT2D eigenvalue weighted by atomic mass is 9.84. The maximum Gasteiger partial charge on any atom is 0.222 e. The molecular weight excluding hydrogens is 362 g/mol. The van der Waals surface area contributed by atoms with E-state index in [1.807, 2.05) is 30.5 Å². The number of aryl methyl sites for hydroxylation is 2. The number of hydrogen-bond acceptors (Lipinski definition) is 3. The first-order valence-electron chi connectivity index (χ1n) is 11.1. The van der Waals surface area contributed by atoms with Crippen molar-refractivity contribution in [2.24, 2.45) is 5.92 Å². The first-order chi connectivity index (χ1) is 14.1. The van der Waals surface area contributed by atoms with Gasteiger partial charge in [-0.05, 0) is 62.6 Å². The molecule has 0 atom stereocenters. The molecule has 2 fully saturated rings. The van der Waals surface area contributed by atoms with Crippen molar-refractivity contribution in [3.05, 3.63) is 47.5 Å². The monoisotopic (exact) mass is 395 g/mol. The summed E-state index contributed by atoms with van der Waals surface area (Å²) in [5.41, 5.74) is 2.47. The van der Waals surface area contributed by atoms with Gasteiger partial charge in [-0.1, -0.05) is 18.6 Å². The van der Waals surface area contributed by atoms with Gasteiger partial charge in [0.05, 0.1) is 7.11 Å². The number of piperidine rings is 1. The zero-order valence-corrected chi connectivity index (χ0v) is 17.8. The number of amides is 1.